The second-order valence-corrected chi connectivity index (χ2v) is 11.2. The highest BCUT2D eigenvalue weighted by Gasteiger charge is 2.32. The molecule has 0 atom stereocenters. The molecule has 39 heavy (non-hydrogen) atoms. The molecule has 0 spiro atoms. The molecule has 0 saturated heterocycles. The van der Waals surface area contributed by atoms with Gasteiger partial charge in [0.25, 0.3) is 0 Å². The molecule has 2 rings (SSSR count). The number of sulfonamides is 1. The Hall–Kier alpha value is -3.32. The second kappa shape index (κ2) is 13.2. The maximum Gasteiger partial charge on any atom is 0.573 e. The predicted molar refractivity (Wildman–Crippen MR) is 137 cm³/mol. The van der Waals surface area contributed by atoms with E-state index in [0.717, 1.165) is 6.07 Å². The lowest BCUT2D eigenvalue weighted by molar-refractivity contribution is -0.274. The number of para-hydroxylation sites is 1. The number of halogens is 3. The average molecular weight is 575 g/mol. The summed E-state index contributed by atoms with van der Waals surface area (Å²) in [5, 5.41) is 5.21. The van der Waals surface area contributed by atoms with Crippen molar-refractivity contribution in [2.45, 2.75) is 63.3 Å². The van der Waals surface area contributed by atoms with Crippen LogP contribution in [0.25, 0.3) is 0 Å². The fourth-order valence-electron chi connectivity index (χ4n) is 3.62. The number of carbonyl (C=O) groups is 2. The molecule has 0 bridgehead atoms. The third-order valence-corrected chi connectivity index (χ3v) is 6.31. The molecule has 0 unspecified atom stereocenters. The Balaban J connectivity index is 2.06. The molecule has 9 nitrogen and oxygen atoms in total. The topological polar surface area (TPSA) is 125 Å². The molecule has 0 aliphatic rings. The lowest BCUT2D eigenvalue weighted by atomic mass is 10.0. The first-order valence-corrected chi connectivity index (χ1v) is 13.6. The SMILES string of the molecule is COc1ccc(C(=O)CCCCN(CCc2ccccc2OC(F)(F)F)C(=O)OC(C)(C)C)cc1S(N)(=O)=O. The number of nitrogens with zero attached hydrogens (tertiary/aromatic N) is 1. The number of ether oxygens (including phenoxy) is 3. The summed E-state index contributed by atoms with van der Waals surface area (Å²) in [7, 11) is -2.83. The number of ketones is 1. The number of alkyl halides is 3. The smallest absolute Gasteiger partial charge is 0.495 e. The molecule has 0 aliphatic heterocycles. The standard InChI is InChI=1S/C26H33F3N2O7S/c1-25(2,3)38-24(33)31(16-14-18-9-5-6-11-21(18)37-26(27,28)29)15-8-7-10-20(32)19-12-13-22(36-4)23(17-19)39(30,34)35/h5-6,9,11-13,17H,7-8,10,14-16H2,1-4H3,(H2,30,34,35). The van der Waals surface area contributed by atoms with Gasteiger partial charge in [-0.25, -0.2) is 18.4 Å². The van der Waals surface area contributed by atoms with Gasteiger partial charge in [-0.2, -0.15) is 0 Å². The Morgan fingerprint density at radius 1 is 0.974 bits per heavy atom. The molecule has 0 aromatic heterocycles. The molecule has 0 saturated carbocycles. The maximum absolute atomic E-state index is 12.8. The van der Waals surface area contributed by atoms with E-state index >= 15 is 0 Å². The van der Waals surface area contributed by atoms with E-state index in [4.69, 9.17) is 14.6 Å². The van der Waals surface area contributed by atoms with E-state index in [1.54, 1.807) is 26.8 Å². The summed E-state index contributed by atoms with van der Waals surface area (Å²) >= 11 is 0. The first-order valence-electron chi connectivity index (χ1n) is 12.1. The van der Waals surface area contributed by atoms with Crippen LogP contribution in [0.4, 0.5) is 18.0 Å². The van der Waals surface area contributed by atoms with E-state index in [9.17, 15) is 31.2 Å². The number of rotatable bonds is 12. The molecule has 2 N–H and O–H groups in total. The first-order chi connectivity index (χ1) is 18.0. The van der Waals surface area contributed by atoms with Crippen molar-refractivity contribution in [3.05, 3.63) is 53.6 Å². The zero-order chi connectivity index (χ0) is 29.4. The zero-order valence-corrected chi connectivity index (χ0v) is 23.0. The van der Waals surface area contributed by atoms with Crippen LogP contribution >= 0.6 is 0 Å². The summed E-state index contributed by atoms with van der Waals surface area (Å²) in [6, 6.07) is 9.61. The van der Waals surface area contributed by atoms with Gasteiger partial charge in [0.2, 0.25) is 10.0 Å². The number of hydrogen-bond donors (Lipinski definition) is 1. The van der Waals surface area contributed by atoms with Crippen LogP contribution in [0.3, 0.4) is 0 Å². The van der Waals surface area contributed by atoms with Gasteiger partial charge in [-0.3, -0.25) is 4.79 Å². The minimum Gasteiger partial charge on any atom is -0.495 e. The summed E-state index contributed by atoms with van der Waals surface area (Å²) in [5.41, 5.74) is -0.383. The van der Waals surface area contributed by atoms with Crippen molar-refractivity contribution in [1.82, 2.24) is 4.90 Å². The normalized spacial score (nSPS) is 12.1. The van der Waals surface area contributed by atoms with Crippen LogP contribution in [0.1, 0.15) is 56.0 Å². The van der Waals surface area contributed by atoms with Gasteiger partial charge in [0.1, 0.15) is 22.0 Å². The fourth-order valence-corrected chi connectivity index (χ4v) is 4.34. The number of Topliss-reactive ketones (excluding diaryl/α,β-unsaturated/α-hetero) is 1. The summed E-state index contributed by atoms with van der Waals surface area (Å²) in [6.45, 7) is 5.31. The van der Waals surface area contributed by atoms with Crippen molar-refractivity contribution >= 4 is 21.9 Å². The molecule has 2 aromatic rings. The molecule has 2 aromatic carbocycles. The van der Waals surface area contributed by atoms with E-state index in [1.165, 1.54) is 42.3 Å². The van der Waals surface area contributed by atoms with Crippen molar-refractivity contribution in [3.8, 4) is 11.5 Å². The molecule has 13 heteroatoms. The molecule has 0 radical (unpaired) electrons. The Morgan fingerprint density at radius 2 is 1.64 bits per heavy atom. The van der Waals surface area contributed by atoms with Crippen LogP contribution in [-0.4, -0.2) is 57.4 Å². The van der Waals surface area contributed by atoms with Gasteiger partial charge in [0.15, 0.2) is 5.78 Å². The van der Waals surface area contributed by atoms with Gasteiger partial charge in [-0.15, -0.1) is 13.2 Å². The van der Waals surface area contributed by atoms with Crippen LogP contribution in [0.15, 0.2) is 47.4 Å². The fraction of sp³-hybridized carbons (Fsp3) is 0.462. The van der Waals surface area contributed by atoms with Crippen molar-refractivity contribution in [2.75, 3.05) is 20.2 Å². The molecule has 1 amide bonds. The number of primary sulfonamides is 1. The van der Waals surface area contributed by atoms with Gasteiger partial charge >= 0.3 is 12.5 Å². The highest BCUT2D eigenvalue weighted by atomic mass is 32.2. The zero-order valence-electron chi connectivity index (χ0n) is 22.2. The maximum atomic E-state index is 12.8. The van der Waals surface area contributed by atoms with Gasteiger partial charge < -0.3 is 19.1 Å². The van der Waals surface area contributed by atoms with Crippen LogP contribution in [0.2, 0.25) is 0 Å². The van der Waals surface area contributed by atoms with E-state index in [2.05, 4.69) is 4.74 Å². The Labute approximate surface area is 226 Å². The van der Waals surface area contributed by atoms with Crippen molar-refractivity contribution in [1.29, 1.82) is 0 Å². The molecule has 0 fully saturated rings. The van der Waals surface area contributed by atoms with Crippen LogP contribution < -0.4 is 14.6 Å². The first kappa shape index (κ1) is 31.9. The summed E-state index contributed by atoms with van der Waals surface area (Å²) in [4.78, 5) is 26.5. The van der Waals surface area contributed by atoms with E-state index < -0.39 is 28.1 Å². The van der Waals surface area contributed by atoms with Crippen molar-refractivity contribution in [2.24, 2.45) is 5.14 Å². The van der Waals surface area contributed by atoms with Crippen molar-refractivity contribution in [3.63, 3.8) is 0 Å². The minimum absolute atomic E-state index is 0.0178. The van der Waals surface area contributed by atoms with E-state index in [0.29, 0.717) is 12.8 Å². The lowest BCUT2D eigenvalue weighted by Crippen LogP contribution is -2.38. The third kappa shape index (κ3) is 10.8. The number of unbranched alkanes of at least 4 members (excludes halogenated alkanes) is 1. The average Bonchev–Trinajstić information content (AvgIpc) is 2.81. The van der Waals surface area contributed by atoms with E-state index in [-0.39, 0.29) is 59.2 Å². The monoisotopic (exact) mass is 574 g/mol. The number of benzene rings is 2. The Bertz CT molecular complexity index is 1260. The number of methoxy groups -OCH3 is 1. The minimum atomic E-state index is -4.85. The number of hydrogen-bond acceptors (Lipinski definition) is 7. The Morgan fingerprint density at radius 3 is 2.23 bits per heavy atom. The summed E-state index contributed by atoms with van der Waals surface area (Å²) < 4.78 is 76.5. The molecule has 216 valence electrons. The Kier molecular flexibility index (Phi) is 10.8. The molecule has 0 heterocycles. The molecular formula is C26H33F3N2O7S. The van der Waals surface area contributed by atoms with Crippen LogP contribution in [0, 0.1) is 0 Å². The van der Waals surface area contributed by atoms with Gasteiger partial charge in [0, 0.05) is 25.1 Å². The van der Waals surface area contributed by atoms with Crippen LogP contribution in [-0.2, 0) is 21.2 Å². The summed E-state index contributed by atoms with van der Waals surface area (Å²) in [5.74, 6) is -0.660. The predicted octanol–water partition coefficient (Wildman–Crippen LogP) is 5.07. The van der Waals surface area contributed by atoms with Gasteiger partial charge in [-0.1, -0.05) is 18.2 Å². The highest BCUT2D eigenvalue weighted by Crippen LogP contribution is 2.27. The van der Waals surface area contributed by atoms with Gasteiger partial charge in [-0.05, 0) is 69.9 Å². The molecule has 0 aliphatic carbocycles. The number of nitrogens with two attached hydrogens (primary N) is 1. The largest absolute Gasteiger partial charge is 0.573 e. The highest BCUT2D eigenvalue weighted by molar-refractivity contribution is 7.89. The van der Waals surface area contributed by atoms with E-state index in [1.807, 2.05) is 0 Å². The lowest BCUT2D eigenvalue weighted by Gasteiger charge is -2.27. The quantitative estimate of drug-likeness (QED) is 0.277. The van der Waals surface area contributed by atoms with Crippen LogP contribution in [0.5, 0.6) is 11.5 Å². The third-order valence-electron chi connectivity index (χ3n) is 5.38. The second-order valence-electron chi connectivity index (χ2n) is 9.66. The summed E-state index contributed by atoms with van der Waals surface area (Å²) in [6.07, 6.45) is -4.64. The molecular weight excluding hydrogens is 541 g/mol. The number of amides is 1. The number of carbonyl (C=O) groups excluding carboxylic acids is 2. The van der Waals surface area contributed by atoms with Gasteiger partial charge in [0.05, 0.1) is 7.11 Å². The van der Waals surface area contributed by atoms with Crippen molar-refractivity contribution < 1.29 is 45.4 Å².